The molecule has 0 aliphatic heterocycles. The van der Waals surface area contributed by atoms with Crippen molar-refractivity contribution >= 4 is 11.5 Å². The molecule has 8 nitrogen and oxygen atoms in total. The van der Waals surface area contributed by atoms with E-state index in [1.165, 1.54) is 10.5 Å². The van der Waals surface area contributed by atoms with Crippen molar-refractivity contribution in [2.75, 3.05) is 5.32 Å². The Labute approximate surface area is 178 Å². The van der Waals surface area contributed by atoms with Gasteiger partial charge >= 0.3 is 0 Å². The van der Waals surface area contributed by atoms with Gasteiger partial charge in [-0.3, -0.25) is 19.0 Å². The molecular weight excluding hydrogens is 392 g/mol. The number of pyridine rings is 2. The Hall–Kier alpha value is -3.81. The van der Waals surface area contributed by atoms with Crippen LogP contribution in [0.2, 0.25) is 0 Å². The van der Waals surface area contributed by atoms with Crippen molar-refractivity contribution in [2.24, 2.45) is 0 Å². The van der Waals surface area contributed by atoms with Crippen molar-refractivity contribution in [3.05, 3.63) is 87.8 Å². The minimum atomic E-state index is -0.106. The zero-order valence-corrected chi connectivity index (χ0v) is 16.9. The predicted octanol–water partition coefficient (Wildman–Crippen LogP) is 2.91. The number of rotatable bonds is 4. The number of hydrogen-bond acceptors (Lipinski definition) is 6. The smallest absolute Gasteiger partial charge is 0.267 e. The fourth-order valence-electron chi connectivity index (χ4n) is 4.17. The van der Waals surface area contributed by atoms with Crippen molar-refractivity contribution < 1.29 is 0 Å². The molecule has 4 aromatic heterocycles. The van der Waals surface area contributed by atoms with E-state index in [9.17, 15) is 9.59 Å². The van der Waals surface area contributed by atoms with Gasteiger partial charge in [0.05, 0.1) is 11.7 Å². The van der Waals surface area contributed by atoms with Gasteiger partial charge in [0.2, 0.25) is 0 Å². The summed E-state index contributed by atoms with van der Waals surface area (Å²) in [6.07, 6.45) is 8.55. The SMILES string of the molecule is O=c1ccc(-c2ccncc2)nn1C1CCC(Nc2cc(=O)n3ccccc3n2)CC1. The highest BCUT2D eigenvalue weighted by Gasteiger charge is 2.24. The molecule has 0 atom stereocenters. The van der Waals surface area contributed by atoms with Crippen LogP contribution >= 0.6 is 0 Å². The van der Waals surface area contributed by atoms with Crippen LogP contribution in [-0.4, -0.2) is 30.2 Å². The van der Waals surface area contributed by atoms with Gasteiger partial charge < -0.3 is 5.32 Å². The lowest BCUT2D eigenvalue weighted by Gasteiger charge is -2.30. The van der Waals surface area contributed by atoms with E-state index in [1.807, 2.05) is 30.3 Å². The summed E-state index contributed by atoms with van der Waals surface area (Å²) in [5, 5.41) is 8.02. The second-order valence-electron chi connectivity index (χ2n) is 7.80. The molecular formula is C23H22N6O2. The number of nitrogens with zero attached hydrogens (tertiary/aromatic N) is 5. The van der Waals surface area contributed by atoms with Crippen LogP contribution in [0.1, 0.15) is 31.7 Å². The Balaban J connectivity index is 1.30. The van der Waals surface area contributed by atoms with E-state index in [0.29, 0.717) is 11.5 Å². The van der Waals surface area contributed by atoms with E-state index in [0.717, 1.165) is 36.9 Å². The first-order valence-electron chi connectivity index (χ1n) is 10.4. The van der Waals surface area contributed by atoms with Crippen molar-refractivity contribution in [3.63, 3.8) is 0 Å². The molecule has 1 fully saturated rings. The zero-order chi connectivity index (χ0) is 21.2. The zero-order valence-electron chi connectivity index (χ0n) is 16.9. The minimum absolute atomic E-state index is 0.0579. The molecule has 4 heterocycles. The summed E-state index contributed by atoms with van der Waals surface area (Å²) in [7, 11) is 0. The van der Waals surface area contributed by atoms with Gasteiger partial charge in [0, 0.05) is 42.3 Å². The van der Waals surface area contributed by atoms with Gasteiger partial charge in [0.25, 0.3) is 11.1 Å². The fraction of sp³-hybridized carbons (Fsp3) is 0.261. The van der Waals surface area contributed by atoms with Crippen LogP contribution in [0, 0.1) is 0 Å². The lowest BCUT2D eigenvalue weighted by Crippen LogP contribution is -2.33. The van der Waals surface area contributed by atoms with E-state index < -0.39 is 0 Å². The Morgan fingerprint density at radius 3 is 2.52 bits per heavy atom. The van der Waals surface area contributed by atoms with E-state index in [1.54, 1.807) is 35.4 Å². The highest BCUT2D eigenvalue weighted by Crippen LogP contribution is 2.29. The summed E-state index contributed by atoms with van der Waals surface area (Å²) >= 11 is 0. The van der Waals surface area contributed by atoms with Crippen LogP contribution in [-0.2, 0) is 0 Å². The van der Waals surface area contributed by atoms with Gasteiger partial charge in [-0.15, -0.1) is 0 Å². The van der Waals surface area contributed by atoms with Crippen molar-refractivity contribution in [3.8, 4) is 11.3 Å². The van der Waals surface area contributed by atoms with E-state index >= 15 is 0 Å². The Bertz CT molecular complexity index is 1320. The molecule has 1 aliphatic carbocycles. The molecule has 4 aromatic rings. The van der Waals surface area contributed by atoms with Gasteiger partial charge in [-0.05, 0) is 56.0 Å². The maximum absolute atomic E-state index is 12.5. The second kappa shape index (κ2) is 8.14. The van der Waals surface area contributed by atoms with Crippen LogP contribution < -0.4 is 16.4 Å². The summed E-state index contributed by atoms with van der Waals surface area (Å²) in [5.74, 6) is 0.592. The lowest BCUT2D eigenvalue weighted by molar-refractivity contribution is 0.304. The molecule has 0 radical (unpaired) electrons. The molecule has 5 rings (SSSR count). The maximum atomic E-state index is 12.5. The number of hydrogen-bond donors (Lipinski definition) is 1. The molecule has 1 N–H and O–H groups in total. The van der Waals surface area contributed by atoms with Gasteiger partial charge in [-0.1, -0.05) is 6.07 Å². The number of fused-ring (bicyclic) bond motifs is 1. The van der Waals surface area contributed by atoms with Gasteiger partial charge in [0.1, 0.15) is 11.5 Å². The molecule has 8 heteroatoms. The summed E-state index contributed by atoms with van der Waals surface area (Å²) in [5.41, 5.74) is 2.13. The number of nitrogens with one attached hydrogen (secondary N) is 1. The van der Waals surface area contributed by atoms with Crippen molar-refractivity contribution in [1.29, 1.82) is 0 Å². The number of aromatic nitrogens is 5. The average molecular weight is 414 g/mol. The monoisotopic (exact) mass is 414 g/mol. The third-order valence-corrected chi connectivity index (χ3v) is 5.77. The molecule has 0 saturated heterocycles. The minimum Gasteiger partial charge on any atom is -0.367 e. The molecule has 31 heavy (non-hydrogen) atoms. The second-order valence-corrected chi connectivity index (χ2v) is 7.80. The van der Waals surface area contributed by atoms with Crippen molar-refractivity contribution in [2.45, 2.75) is 37.8 Å². The maximum Gasteiger partial charge on any atom is 0.267 e. The van der Waals surface area contributed by atoms with E-state index in [4.69, 9.17) is 0 Å². The first-order chi connectivity index (χ1) is 15.2. The summed E-state index contributed by atoms with van der Waals surface area (Å²) < 4.78 is 3.14. The quantitative estimate of drug-likeness (QED) is 0.552. The third-order valence-electron chi connectivity index (χ3n) is 5.77. The Kier molecular flexibility index (Phi) is 5.03. The normalized spacial score (nSPS) is 18.7. The highest BCUT2D eigenvalue weighted by atomic mass is 16.1. The van der Waals surface area contributed by atoms with Crippen LogP contribution in [0.4, 0.5) is 5.82 Å². The highest BCUT2D eigenvalue weighted by molar-refractivity contribution is 5.57. The summed E-state index contributed by atoms with van der Waals surface area (Å²) in [6, 6.07) is 14.4. The van der Waals surface area contributed by atoms with Gasteiger partial charge in [-0.25, -0.2) is 9.67 Å². The van der Waals surface area contributed by atoms with E-state index in [2.05, 4.69) is 20.4 Å². The van der Waals surface area contributed by atoms with Crippen LogP contribution in [0.5, 0.6) is 0 Å². The molecule has 0 aromatic carbocycles. The van der Waals surface area contributed by atoms with Crippen LogP contribution in [0.15, 0.2) is 76.7 Å². The Morgan fingerprint density at radius 1 is 0.903 bits per heavy atom. The van der Waals surface area contributed by atoms with Crippen LogP contribution in [0.3, 0.4) is 0 Å². The molecule has 1 saturated carbocycles. The van der Waals surface area contributed by atoms with Crippen molar-refractivity contribution in [1.82, 2.24) is 24.1 Å². The first kappa shape index (κ1) is 19.2. The topological polar surface area (TPSA) is 94.2 Å². The largest absolute Gasteiger partial charge is 0.367 e. The Morgan fingerprint density at radius 2 is 1.71 bits per heavy atom. The first-order valence-corrected chi connectivity index (χ1v) is 10.4. The average Bonchev–Trinajstić information content (AvgIpc) is 2.81. The summed E-state index contributed by atoms with van der Waals surface area (Å²) in [4.78, 5) is 33.3. The molecule has 0 unspecified atom stereocenters. The molecule has 0 bridgehead atoms. The van der Waals surface area contributed by atoms with E-state index in [-0.39, 0.29) is 23.2 Å². The van der Waals surface area contributed by atoms with Crippen LogP contribution in [0.25, 0.3) is 16.9 Å². The van der Waals surface area contributed by atoms with Gasteiger partial charge in [-0.2, -0.15) is 5.10 Å². The summed E-state index contributed by atoms with van der Waals surface area (Å²) in [6.45, 7) is 0. The number of anilines is 1. The lowest BCUT2D eigenvalue weighted by atomic mass is 9.91. The predicted molar refractivity (Wildman–Crippen MR) is 118 cm³/mol. The van der Waals surface area contributed by atoms with Gasteiger partial charge in [0.15, 0.2) is 0 Å². The molecule has 1 aliphatic rings. The molecule has 156 valence electrons. The standard InChI is InChI=1S/C23H22N6O2/c30-22-9-8-19(16-10-12-24-13-11-16)27-29(22)18-6-4-17(5-7-18)25-20-15-23(31)28-14-2-1-3-21(28)26-20/h1-3,8-15,17-18,25H,4-7H2. The third kappa shape index (κ3) is 3.96. The molecule has 0 spiro atoms. The molecule has 0 amide bonds. The fourth-order valence-corrected chi connectivity index (χ4v) is 4.17.